The molecule has 2 N–H and O–H groups in total. The highest BCUT2D eigenvalue weighted by molar-refractivity contribution is 5.89. The summed E-state index contributed by atoms with van der Waals surface area (Å²) >= 11 is 0. The number of anilines is 1. The van der Waals surface area contributed by atoms with Crippen molar-refractivity contribution in [2.75, 3.05) is 5.32 Å². The molecule has 0 saturated heterocycles. The van der Waals surface area contributed by atoms with E-state index in [1.165, 1.54) is 6.07 Å². The maximum absolute atomic E-state index is 13.2. The standard InChI is InChI=1S/C17H19FN2O/c1-11-6-4-5-7-15(11)13(3)19-17(21)20-14-8-9-16(18)12(2)10-14/h4-10,13H,1-3H3,(H2,19,20,21). The molecule has 0 radical (unpaired) electrons. The van der Waals surface area contributed by atoms with Gasteiger partial charge in [0.25, 0.3) is 0 Å². The second-order valence-corrected chi connectivity index (χ2v) is 5.14. The van der Waals surface area contributed by atoms with E-state index in [-0.39, 0.29) is 17.9 Å². The highest BCUT2D eigenvalue weighted by atomic mass is 19.1. The van der Waals surface area contributed by atoms with Crippen molar-refractivity contribution >= 4 is 11.7 Å². The number of halogens is 1. The van der Waals surface area contributed by atoms with Crippen molar-refractivity contribution < 1.29 is 9.18 Å². The first-order valence-corrected chi connectivity index (χ1v) is 6.86. The summed E-state index contributed by atoms with van der Waals surface area (Å²) in [5, 5.41) is 5.59. The van der Waals surface area contributed by atoms with E-state index in [9.17, 15) is 9.18 Å². The molecule has 0 spiro atoms. The summed E-state index contributed by atoms with van der Waals surface area (Å²) in [6.45, 7) is 5.60. The fourth-order valence-electron chi connectivity index (χ4n) is 2.24. The Hall–Kier alpha value is -2.36. The number of nitrogens with one attached hydrogen (secondary N) is 2. The Morgan fingerprint density at radius 2 is 1.81 bits per heavy atom. The summed E-state index contributed by atoms with van der Waals surface area (Å²) in [4.78, 5) is 12.0. The normalized spacial score (nSPS) is 11.8. The minimum Gasteiger partial charge on any atom is -0.331 e. The van der Waals surface area contributed by atoms with Crippen molar-refractivity contribution in [3.05, 3.63) is 65.0 Å². The largest absolute Gasteiger partial charge is 0.331 e. The summed E-state index contributed by atoms with van der Waals surface area (Å²) in [6, 6.07) is 12.0. The van der Waals surface area contributed by atoms with Crippen molar-refractivity contribution in [1.29, 1.82) is 0 Å². The molecular weight excluding hydrogens is 267 g/mol. The zero-order chi connectivity index (χ0) is 15.4. The van der Waals surface area contributed by atoms with Gasteiger partial charge in [-0.2, -0.15) is 0 Å². The molecule has 3 nitrogen and oxygen atoms in total. The number of rotatable bonds is 3. The number of carbonyl (C=O) groups excluding carboxylic acids is 1. The lowest BCUT2D eigenvalue weighted by atomic mass is 10.0. The monoisotopic (exact) mass is 286 g/mol. The molecule has 1 unspecified atom stereocenters. The lowest BCUT2D eigenvalue weighted by molar-refractivity contribution is 0.249. The van der Waals surface area contributed by atoms with Crippen LogP contribution in [0.1, 0.15) is 29.7 Å². The van der Waals surface area contributed by atoms with E-state index in [0.29, 0.717) is 11.3 Å². The molecule has 0 aliphatic heterocycles. The van der Waals surface area contributed by atoms with Crippen LogP contribution in [-0.2, 0) is 0 Å². The van der Waals surface area contributed by atoms with Gasteiger partial charge >= 0.3 is 6.03 Å². The Balaban J connectivity index is 2.01. The number of urea groups is 1. The van der Waals surface area contributed by atoms with E-state index in [1.54, 1.807) is 19.1 Å². The summed E-state index contributed by atoms with van der Waals surface area (Å²) in [5.74, 6) is -0.283. The lowest BCUT2D eigenvalue weighted by Crippen LogP contribution is -2.31. The van der Waals surface area contributed by atoms with Crippen molar-refractivity contribution in [2.24, 2.45) is 0 Å². The molecule has 2 aromatic carbocycles. The van der Waals surface area contributed by atoms with Gasteiger partial charge in [0.05, 0.1) is 6.04 Å². The molecule has 0 aliphatic carbocycles. The third kappa shape index (κ3) is 3.81. The molecule has 21 heavy (non-hydrogen) atoms. The highest BCUT2D eigenvalue weighted by Crippen LogP contribution is 2.17. The van der Waals surface area contributed by atoms with E-state index in [2.05, 4.69) is 10.6 Å². The summed E-state index contributed by atoms with van der Waals surface area (Å²) < 4.78 is 13.2. The fourth-order valence-corrected chi connectivity index (χ4v) is 2.24. The molecule has 0 fully saturated rings. The quantitative estimate of drug-likeness (QED) is 0.866. The Bertz CT molecular complexity index is 655. The van der Waals surface area contributed by atoms with Crippen molar-refractivity contribution in [3.8, 4) is 0 Å². The second-order valence-electron chi connectivity index (χ2n) is 5.14. The molecule has 0 bridgehead atoms. The zero-order valence-corrected chi connectivity index (χ0v) is 12.4. The van der Waals surface area contributed by atoms with Crippen molar-refractivity contribution in [1.82, 2.24) is 5.32 Å². The van der Waals surface area contributed by atoms with E-state index in [4.69, 9.17) is 0 Å². The topological polar surface area (TPSA) is 41.1 Å². The van der Waals surface area contributed by atoms with Gasteiger partial charge in [-0.25, -0.2) is 9.18 Å². The first kappa shape index (κ1) is 15.0. The SMILES string of the molecule is Cc1cc(NC(=O)NC(C)c2ccccc2C)ccc1F. The van der Waals surface area contributed by atoms with E-state index in [0.717, 1.165) is 11.1 Å². The van der Waals surface area contributed by atoms with Gasteiger partial charge in [-0.1, -0.05) is 24.3 Å². The van der Waals surface area contributed by atoms with Crippen LogP contribution in [0.25, 0.3) is 0 Å². The third-order valence-electron chi connectivity index (χ3n) is 3.42. The predicted molar refractivity (Wildman–Crippen MR) is 82.9 cm³/mol. The minimum absolute atomic E-state index is 0.104. The molecule has 110 valence electrons. The first-order chi connectivity index (χ1) is 9.97. The van der Waals surface area contributed by atoms with E-state index < -0.39 is 0 Å². The van der Waals surface area contributed by atoms with Crippen LogP contribution < -0.4 is 10.6 Å². The van der Waals surface area contributed by atoms with Gasteiger partial charge in [0.1, 0.15) is 5.82 Å². The number of hydrogen-bond donors (Lipinski definition) is 2. The summed E-state index contributed by atoms with van der Waals surface area (Å²) in [7, 11) is 0. The summed E-state index contributed by atoms with van der Waals surface area (Å²) in [6.07, 6.45) is 0. The van der Waals surface area contributed by atoms with Gasteiger partial charge in [-0.3, -0.25) is 0 Å². The zero-order valence-electron chi connectivity index (χ0n) is 12.4. The van der Waals surface area contributed by atoms with Gasteiger partial charge in [-0.05, 0) is 55.7 Å². The Kier molecular flexibility index (Phi) is 4.58. The Morgan fingerprint density at radius 1 is 1.10 bits per heavy atom. The molecule has 1 atom stereocenters. The second kappa shape index (κ2) is 6.39. The molecule has 0 saturated carbocycles. The molecule has 4 heteroatoms. The average Bonchev–Trinajstić information content (AvgIpc) is 2.43. The number of hydrogen-bond acceptors (Lipinski definition) is 1. The molecule has 0 heterocycles. The lowest BCUT2D eigenvalue weighted by Gasteiger charge is -2.17. The van der Waals surface area contributed by atoms with Gasteiger partial charge in [-0.15, -0.1) is 0 Å². The first-order valence-electron chi connectivity index (χ1n) is 6.86. The van der Waals surface area contributed by atoms with Crippen LogP contribution in [0.15, 0.2) is 42.5 Å². The van der Waals surface area contributed by atoms with Crippen LogP contribution in [0.4, 0.5) is 14.9 Å². The van der Waals surface area contributed by atoms with Crippen LogP contribution in [0.5, 0.6) is 0 Å². The molecular formula is C17H19FN2O. The highest BCUT2D eigenvalue weighted by Gasteiger charge is 2.11. The van der Waals surface area contributed by atoms with Crippen LogP contribution in [-0.4, -0.2) is 6.03 Å². The van der Waals surface area contributed by atoms with Gasteiger partial charge in [0.15, 0.2) is 0 Å². The van der Waals surface area contributed by atoms with Crippen LogP contribution in [0, 0.1) is 19.7 Å². The van der Waals surface area contributed by atoms with Crippen LogP contribution in [0.3, 0.4) is 0 Å². The minimum atomic E-state index is -0.309. The van der Waals surface area contributed by atoms with E-state index >= 15 is 0 Å². The fraction of sp³-hybridized carbons (Fsp3) is 0.235. The summed E-state index contributed by atoms with van der Waals surface area (Å²) in [5.41, 5.74) is 3.27. The molecule has 2 rings (SSSR count). The Morgan fingerprint density at radius 3 is 2.48 bits per heavy atom. The van der Waals surface area contributed by atoms with Gasteiger partial charge < -0.3 is 10.6 Å². The third-order valence-corrected chi connectivity index (χ3v) is 3.42. The van der Waals surface area contributed by atoms with Crippen molar-refractivity contribution in [2.45, 2.75) is 26.8 Å². The van der Waals surface area contributed by atoms with Gasteiger partial charge in [0, 0.05) is 5.69 Å². The number of benzene rings is 2. The van der Waals surface area contributed by atoms with Gasteiger partial charge in [0.2, 0.25) is 0 Å². The van der Waals surface area contributed by atoms with Crippen LogP contribution in [0.2, 0.25) is 0 Å². The average molecular weight is 286 g/mol. The molecule has 0 aliphatic rings. The van der Waals surface area contributed by atoms with E-state index in [1.807, 2.05) is 38.1 Å². The maximum Gasteiger partial charge on any atom is 0.319 e. The molecule has 2 aromatic rings. The number of carbonyl (C=O) groups is 1. The Labute approximate surface area is 124 Å². The smallest absolute Gasteiger partial charge is 0.319 e. The molecule has 2 amide bonds. The number of aryl methyl sites for hydroxylation is 2. The maximum atomic E-state index is 13.2. The predicted octanol–water partition coefficient (Wildman–Crippen LogP) is 4.33. The van der Waals surface area contributed by atoms with Crippen molar-refractivity contribution in [3.63, 3.8) is 0 Å². The number of amides is 2. The molecule has 0 aromatic heterocycles. The van der Waals surface area contributed by atoms with Crippen LogP contribution >= 0.6 is 0 Å².